The molecule has 1 amide bonds. The van der Waals surface area contributed by atoms with Crippen LogP contribution in [0.25, 0.3) is 11.4 Å². The van der Waals surface area contributed by atoms with E-state index in [0.29, 0.717) is 35.6 Å². The monoisotopic (exact) mass is 372 g/mol. The Bertz CT molecular complexity index is 863. The summed E-state index contributed by atoms with van der Waals surface area (Å²) < 4.78 is 10.2. The molecule has 3 rings (SSSR count). The fourth-order valence-electron chi connectivity index (χ4n) is 2.22. The molecule has 0 aliphatic heterocycles. The molecule has 2 heterocycles. The third-order valence-corrected chi connectivity index (χ3v) is 3.88. The highest BCUT2D eigenvalue weighted by molar-refractivity contribution is 6.30. The van der Waals surface area contributed by atoms with Gasteiger partial charge in [0, 0.05) is 42.2 Å². The van der Waals surface area contributed by atoms with Crippen LogP contribution >= 0.6 is 11.6 Å². The summed E-state index contributed by atoms with van der Waals surface area (Å²) in [6, 6.07) is 10.7. The lowest BCUT2D eigenvalue weighted by atomic mass is 10.2. The van der Waals surface area contributed by atoms with Crippen molar-refractivity contribution in [2.75, 3.05) is 7.11 Å². The van der Waals surface area contributed by atoms with Gasteiger partial charge in [-0.3, -0.25) is 4.79 Å². The third kappa shape index (κ3) is 4.80. The molecule has 3 aromatic rings. The number of hydrogen-bond donors (Lipinski definition) is 1. The molecular formula is C18H17ClN4O3. The van der Waals surface area contributed by atoms with Crippen LogP contribution in [0.2, 0.25) is 5.02 Å². The lowest BCUT2D eigenvalue weighted by Crippen LogP contribution is -2.23. The fourth-order valence-corrected chi connectivity index (χ4v) is 2.34. The molecular weight excluding hydrogens is 356 g/mol. The Morgan fingerprint density at radius 2 is 2.04 bits per heavy atom. The van der Waals surface area contributed by atoms with Crippen molar-refractivity contribution in [3.63, 3.8) is 0 Å². The van der Waals surface area contributed by atoms with Gasteiger partial charge in [0.15, 0.2) is 0 Å². The zero-order chi connectivity index (χ0) is 18.4. The van der Waals surface area contributed by atoms with Gasteiger partial charge in [-0.15, -0.1) is 0 Å². The maximum absolute atomic E-state index is 12.0. The number of amides is 1. The van der Waals surface area contributed by atoms with E-state index in [1.54, 1.807) is 31.5 Å². The lowest BCUT2D eigenvalue weighted by molar-refractivity contribution is -0.121. The summed E-state index contributed by atoms with van der Waals surface area (Å²) in [6.45, 7) is 0.398. The molecule has 0 radical (unpaired) electrons. The Morgan fingerprint density at radius 3 is 2.73 bits per heavy atom. The number of carbonyl (C=O) groups is 1. The second kappa shape index (κ2) is 8.44. The van der Waals surface area contributed by atoms with Gasteiger partial charge in [0.25, 0.3) is 0 Å². The zero-order valence-corrected chi connectivity index (χ0v) is 14.9. The summed E-state index contributed by atoms with van der Waals surface area (Å²) in [5, 5.41) is 7.39. The molecule has 0 saturated heterocycles. The number of benzene rings is 1. The van der Waals surface area contributed by atoms with Crippen LogP contribution in [0.3, 0.4) is 0 Å². The summed E-state index contributed by atoms with van der Waals surface area (Å²) in [7, 11) is 1.56. The number of rotatable bonds is 7. The van der Waals surface area contributed by atoms with E-state index in [0.717, 1.165) is 11.1 Å². The average molecular weight is 373 g/mol. The minimum absolute atomic E-state index is 0.105. The predicted molar refractivity (Wildman–Crippen MR) is 95.7 cm³/mol. The first-order chi connectivity index (χ1) is 12.6. The van der Waals surface area contributed by atoms with Gasteiger partial charge in [0.2, 0.25) is 23.5 Å². The second-order valence-electron chi connectivity index (χ2n) is 5.50. The van der Waals surface area contributed by atoms with Gasteiger partial charge in [-0.2, -0.15) is 4.98 Å². The highest BCUT2D eigenvalue weighted by Gasteiger charge is 2.11. The highest BCUT2D eigenvalue weighted by Crippen LogP contribution is 2.19. The topological polar surface area (TPSA) is 90.1 Å². The SMILES string of the molecule is COc1ccc(CNC(=O)CCc2nc(-c3ccc(Cl)cc3)no2)cn1. The number of halogens is 1. The van der Waals surface area contributed by atoms with E-state index in [9.17, 15) is 4.79 Å². The molecule has 0 atom stereocenters. The molecule has 0 saturated carbocycles. The molecule has 1 N–H and O–H groups in total. The van der Waals surface area contributed by atoms with E-state index in [1.165, 1.54) is 0 Å². The van der Waals surface area contributed by atoms with E-state index in [-0.39, 0.29) is 12.3 Å². The van der Waals surface area contributed by atoms with Gasteiger partial charge in [0.1, 0.15) is 0 Å². The maximum atomic E-state index is 12.0. The van der Waals surface area contributed by atoms with Gasteiger partial charge in [-0.05, 0) is 29.8 Å². The third-order valence-electron chi connectivity index (χ3n) is 3.63. The van der Waals surface area contributed by atoms with Crippen LogP contribution in [-0.4, -0.2) is 28.1 Å². The van der Waals surface area contributed by atoms with Gasteiger partial charge in [-0.1, -0.05) is 22.8 Å². The molecule has 0 spiro atoms. The standard InChI is InChI=1S/C18H17ClN4O3/c1-25-16-8-2-12(11-21-16)10-20-15(24)7-9-17-22-18(23-26-17)13-3-5-14(19)6-4-13/h2-6,8,11H,7,9-10H2,1H3,(H,20,24). The van der Waals surface area contributed by atoms with Crippen LogP contribution in [0.5, 0.6) is 5.88 Å². The highest BCUT2D eigenvalue weighted by atomic mass is 35.5. The minimum atomic E-state index is -0.105. The first-order valence-corrected chi connectivity index (χ1v) is 8.36. The summed E-state index contributed by atoms with van der Waals surface area (Å²) in [5.74, 6) is 1.32. The summed E-state index contributed by atoms with van der Waals surface area (Å²) in [6.07, 6.45) is 2.29. The molecule has 0 fully saturated rings. The number of pyridine rings is 1. The Labute approximate surface area is 155 Å². The Kier molecular flexibility index (Phi) is 5.80. The van der Waals surface area contributed by atoms with E-state index in [2.05, 4.69) is 20.4 Å². The van der Waals surface area contributed by atoms with Crippen molar-refractivity contribution >= 4 is 17.5 Å². The van der Waals surface area contributed by atoms with E-state index < -0.39 is 0 Å². The predicted octanol–water partition coefficient (Wildman–Crippen LogP) is 3.04. The number of nitrogens with zero attached hydrogens (tertiary/aromatic N) is 3. The van der Waals surface area contributed by atoms with Crippen molar-refractivity contribution < 1.29 is 14.1 Å². The van der Waals surface area contributed by atoms with Crippen molar-refractivity contribution in [1.29, 1.82) is 0 Å². The number of hydrogen-bond acceptors (Lipinski definition) is 6. The molecule has 26 heavy (non-hydrogen) atoms. The summed E-state index contributed by atoms with van der Waals surface area (Å²) in [5.41, 5.74) is 1.70. The van der Waals surface area contributed by atoms with Crippen LogP contribution in [0.15, 0.2) is 47.1 Å². The molecule has 8 heteroatoms. The van der Waals surface area contributed by atoms with Gasteiger partial charge in [-0.25, -0.2) is 4.98 Å². The Morgan fingerprint density at radius 1 is 1.23 bits per heavy atom. The number of carbonyl (C=O) groups excluding carboxylic acids is 1. The Hall–Kier alpha value is -2.93. The van der Waals surface area contributed by atoms with Crippen LogP contribution in [0, 0.1) is 0 Å². The molecule has 134 valence electrons. The van der Waals surface area contributed by atoms with Crippen molar-refractivity contribution in [3.05, 3.63) is 59.1 Å². The second-order valence-corrected chi connectivity index (χ2v) is 5.94. The number of nitrogens with one attached hydrogen (secondary N) is 1. The molecule has 2 aromatic heterocycles. The van der Waals surface area contributed by atoms with E-state index in [4.69, 9.17) is 20.9 Å². The van der Waals surface area contributed by atoms with E-state index in [1.807, 2.05) is 18.2 Å². The number of ether oxygens (including phenoxy) is 1. The van der Waals surface area contributed by atoms with Crippen molar-refractivity contribution in [2.45, 2.75) is 19.4 Å². The van der Waals surface area contributed by atoms with Crippen LogP contribution in [-0.2, 0) is 17.8 Å². The van der Waals surface area contributed by atoms with Crippen LogP contribution in [0.1, 0.15) is 17.9 Å². The minimum Gasteiger partial charge on any atom is -0.481 e. The number of methoxy groups -OCH3 is 1. The van der Waals surface area contributed by atoms with Gasteiger partial charge >= 0.3 is 0 Å². The molecule has 7 nitrogen and oxygen atoms in total. The van der Waals surface area contributed by atoms with Crippen molar-refractivity contribution in [1.82, 2.24) is 20.4 Å². The normalized spacial score (nSPS) is 10.5. The summed E-state index contributed by atoms with van der Waals surface area (Å²) in [4.78, 5) is 20.4. The quantitative estimate of drug-likeness (QED) is 0.685. The molecule has 0 aliphatic rings. The Balaban J connectivity index is 1.47. The van der Waals surface area contributed by atoms with Crippen LogP contribution < -0.4 is 10.1 Å². The lowest BCUT2D eigenvalue weighted by Gasteiger charge is -2.05. The molecule has 0 unspecified atom stereocenters. The first-order valence-electron chi connectivity index (χ1n) is 7.98. The van der Waals surface area contributed by atoms with E-state index >= 15 is 0 Å². The summed E-state index contributed by atoms with van der Waals surface area (Å²) >= 11 is 5.86. The maximum Gasteiger partial charge on any atom is 0.227 e. The smallest absolute Gasteiger partial charge is 0.227 e. The first kappa shape index (κ1) is 17.9. The van der Waals surface area contributed by atoms with Crippen molar-refractivity contribution in [3.8, 4) is 17.3 Å². The van der Waals surface area contributed by atoms with Crippen molar-refractivity contribution in [2.24, 2.45) is 0 Å². The fraction of sp³-hybridized carbons (Fsp3) is 0.222. The van der Waals surface area contributed by atoms with Crippen LogP contribution in [0.4, 0.5) is 0 Å². The average Bonchev–Trinajstić information content (AvgIpc) is 3.14. The molecule has 0 aliphatic carbocycles. The number of aryl methyl sites for hydroxylation is 1. The molecule has 0 bridgehead atoms. The largest absolute Gasteiger partial charge is 0.481 e. The number of aromatic nitrogens is 3. The van der Waals surface area contributed by atoms with Gasteiger partial charge < -0.3 is 14.6 Å². The molecule has 1 aromatic carbocycles. The van der Waals surface area contributed by atoms with Gasteiger partial charge in [0.05, 0.1) is 7.11 Å². The zero-order valence-electron chi connectivity index (χ0n) is 14.1.